The highest BCUT2D eigenvalue weighted by Crippen LogP contribution is 2.26. The molecule has 0 fully saturated rings. The summed E-state index contributed by atoms with van der Waals surface area (Å²) < 4.78 is 6.55. The smallest absolute Gasteiger partial charge is 0.139 e. The first-order valence-corrected chi connectivity index (χ1v) is 5.27. The Labute approximate surface area is 96.9 Å². The maximum Gasteiger partial charge on any atom is 0.139 e. The molecule has 0 aliphatic heterocycles. The van der Waals surface area contributed by atoms with E-state index in [9.17, 15) is 0 Å². The van der Waals surface area contributed by atoms with Crippen LogP contribution in [0.5, 0.6) is 5.75 Å². The molecule has 0 amide bonds. The highest BCUT2D eigenvalue weighted by Gasteiger charge is 2.01. The normalized spacial score (nSPS) is 9.77. The van der Waals surface area contributed by atoms with Crippen molar-refractivity contribution in [3.63, 3.8) is 0 Å². The molecule has 0 atom stereocenters. The van der Waals surface area contributed by atoms with Crippen molar-refractivity contribution in [2.24, 2.45) is 0 Å². The van der Waals surface area contributed by atoms with Gasteiger partial charge < -0.3 is 4.74 Å². The summed E-state index contributed by atoms with van der Waals surface area (Å²) in [6.07, 6.45) is 0. The van der Waals surface area contributed by atoms with Crippen LogP contribution in [0.4, 0.5) is 0 Å². The van der Waals surface area contributed by atoms with Gasteiger partial charge in [-0.1, -0.05) is 18.2 Å². The van der Waals surface area contributed by atoms with Gasteiger partial charge in [-0.25, -0.2) is 0 Å². The number of benzene rings is 1. The second-order valence-electron chi connectivity index (χ2n) is 2.82. The second-order valence-corrected chi connectivity index (χ2v) is 4.47. The molecule has 1 aromatic rings. The SMILES string of the molecule is C=C(C)COc1cc(I)ccc1Cl. The van der Waals surface area contributed by atoms with E-state index in [1.54, 1.807) is 0 Å². The van der Waals surface area contributed by atoms with E-state index in [0.717, 1.165) is 14.9 Å². The molecular weight excluding hydrogens is 298 g/mol. The van der Waals surface area contributed by atoms with E-state index in [-0.39, 0.29) is 0 Å². The van der Waals surface area contributed by atoms with Crippen molar-refractivity contribution in [3.8, 4) is 5.75 Å². The first kappa shape index (κ1) is 10.9. The van der Waals surface area contributed by atoms with Crippen LogP contribution in [0.3, 0.4) is 0 Å². The van der Waals surface area contributed by atoms with Crippen LogP contribution in [-0.2, 0) is 0 Å². The van der Waals surface area contributed by atoms with Crippen molar-refractivity contribution < 1.29 is 4.74 Å². The van der Waals surface area contributed by atoms with E-state index in [0.29, 0.717) is 11.6 Å². The number of hydrogen-bond donors (Lipinski definition) is 0. The highest BCUT2D eigenvalue weighted by atomic mass is 127. The molecule has 70 valence electrons. The van der Waals surface area contributed by atoms with Crippen molar-refractivity contribution in [2.45, 2.75) is 6.92 Å². The average molecular weight is 309 g/mol. The van der Waals surface area contributed by atoms with Crippen LogP contribution in [0.15, 0.2) is 30.4 Å². The number of rotatable bonds is 3. The predicted molar refractivity (Wildman–Crippen MR) is 64.5 cm³/mol. The molecule has 0 aliphatic rings. The molecule has 1 nitrogen and oxygen atoms in total. The Bertz CT molecular complexity index is 323. The van der Waals surface area contributed by atoms with Crippen molar-refractivity contribution in [3.05, 3.63) is 38.9 Å². The van der Waals surface area contributed by atoms with E-state index in [1.807, 2.05) is 25.1 Å². The van der Waals surface area contributed by atoms with Crippen molar-refractivity contribution in [2.75, 3.05) is 6.61 Å². The zero-order valence-electron chi connectivity index (χ0n) is 7.31. The Morgan fingerprint density at radius 1 is 1.62 bits per heavy atom. The Balaban J connectivity index is 2.75. The Kier molecular flexibility index (Phi) is 4.06. The largest absolute Gasteiger partial charge is 0.488 e. The first-order chi connectivity index (χ1) is 6.09. The Hall–Kier alpha value is -0.220. The van der Waals surface area contributed by atoms with Gasteiger partial charge in [0.2, 0.25) is 0 Å². The summed E-state index contributed by atoms with van der Waals surface area (Å²) in [6.45, 7) is 6.18. The van der Waals surface area contributed by atoms with Crippen LogP contribution in [0.2, 0.25) is 5.02 Å². The third-order valence-corrected chi connectivity index (χ3v) is 2.35. The molecule has 0 aromatic heterocycles. The van der Waals surface area contributed by atoms with E-state index in [4.69, 9.17) is 16.3 Å². The maximum absolute atomic E-state index is 5.92. The maximum atomic E-state index is 5.92. The summed E-state index contributed by atoms with van der Waals surface area (Å²) >= 11 is 8.14. The van der Waals surface area contributed by atoms with Crippen LogP contribution in [0.25, 0.3) is 0 Å². The van der Waals surface area contributed by atoms with Gasteiger partial charge in [0.05, 0.1) is 5.02 Å². The van der Waals surface area contributed by atoms with Gasteiger partial charge in [-0.2, -0.15) is 0 Å². The number of hydrogen-bond acceptors (Lipinski definition) is 1. The van der Waals surface area contributed by atoms with E-state index >= 15 is 0 Å². The summed E-state index contributed by atoms with van der Waals surface area (Å²) in [5, 5.41) is 0.640. The average Bonchev–Trinajstić information content (AvgIpc) is 2.06. The molecule has 0 spiro atoms. The third kappa shape index (κ3) is 3.56. The van der Waals surface area contributed by atoms with E-state index in [1.165, 1.54) is 0 Å². The van der Waals surface area contributed by atoms with Crippen molar-refractivity contribution in [1.29, 1.82) is 0 Å². The van der Waals surface area contributed by atoms with Gasteiger partial charge in [-0.05, 0) is 53.3 Å². The molecule has 1 rings (SSSR count). The van der Waals surface area contributed by atoms with Crippen molar-refractivity contribution in [1.82, 2.24) is 0 Å². The lowest BCUT2D eigenvalue weighted by Crippen LogP contribution is -1.98. The zero-order valence-corrected chi connectivity index (χ0v) is 10.2. The van der Waals surface area contributed by atoms with Crippen LogP contribution in [-0.4, -0.2) is 6.61 Å². The van der Waals surface area contributed by atoms with E-state index < -0.39 is 0 Å². The van der Waals surface area contributed by atoms with Crippen molar-refractivity contribution >= 4 is 34.2 Å². The standard InChI is InChI=1S/C10H10ClIO/c1-7(2)6-13-10-5-8(12)3-4-9(10)11/h3-5H,1,6H2,2H3. The topological polar surface area (TPSA) is 9.23 Å². The molecular formula is C10H10ClIO. The molecule has 0 radical (unpaired) electrons. The molecule has 0 N–H and O–H groups in total. The van der Waals surface area contributed by atoms with Gasteiger partial charge in [0, 0.05) is 3.57 Å². The van der Waals surface area contributed by atoms with Gasteiger partial charge in [-0.15, -0.1) is 0 Å². The first-order valence-electron chi connectivity index (χ1n) is 3.82. The minimum absolute atomic E-state index is 0.514. The quantitative estimate of drug-likeness (QED) is 0.608. The summed E-state index contributed by atoms with van der Waals surface area (Å²) in [5.74, 6) is 0.719. The lowest BCUT2D eigenvalue weighted by atomic mass is 10.3. The summed E-state index contributed by atoms with van der Waals surface area (Å²) in [6, 6.07) is 5.68. The third-order valence-electron chi connectivity index (χ3n) is 1.37. The Morgan fingerprint density at radius 2 is 2.31 bits per heavy atom. The van der Waals surface area contributed by atoms with Crippen LogP contribution < -0.4 is 4.74 Å². The minimum Gasteiger partial charge on any atom is -0.488 e. The monoisotopic (exact) mass is 308 g/mol. The summed E-state index contributed by atoms with van der Waals surface area (Å²) in [4.78, 5) is 0. The zero-order chi connectivity index (χ0) is 9.84. The van der Waals surface area contributed by atoms with Gasteiger partial charge in [-0.3, -0.25) is 0 Å². The molecule has 3 heteroatoms. The highest BCUT2D eigenvalue weighted by molar-refractivity contribution is 14.1. The fourth-order valence-corrected chi connectivity index (χ4v) is 1.42. The van der Waals surface area contributed by atoms with E-state index in [2.05, 4.69) is 29.2 Å². The van der Waals surface area contributed by atoms with Gasteiger partial charge in [0.15, 0.2) is 0 Å². The fraction of sp³-hybridized carbons (Fsp3) is 0.200. The number of halogens is 2. The molecule has 1 aromatic carbocycles. The van der Waals surface area contributed by atoms with Gasteiger partial charge >= 0.3 is 0 Å². The molecule has 0 aliphatic carbocycles. The van der Waals surface area contributed by atoms with Crippen LogP contribution in [0, 0.1) is 3.57 Å². The van der Waals surface area contributed by atoms with Crippen LogP contribution in [0.1, 0.15) is 6.92 Å². The van der Waals surface area contributed by atoms with Crippen LogP contribution >= 0.6 is 34.2 Å². The molecule has 0 saturated heterocycles. The predicted octanol–water partition coefficient (Wildman–Crippen LogP) is 3.90. The lowest BCUT2D eigenvalue weighted by molar-refractivity contribution is 0.352. The molecule has 13 heavy (non-hydrogen) atoms. The Morgan fingerprint density at radius 3 is 2.92 bits per heavy atom. The summed E-state index contributed by atoms with van der Waals surface area (Å²) in [7, 11) is 0. The molecule has 0 saturated carbocycles. The molecule has 0 heterocycles. The minimum atomic E-state index is 0.514. The number of ether oxygens (including phenoxy) is 1. The van der Waals surface area contributed by atoms with Gasteiger partial charge in [0.1, 0.15) is 12.4 Å². The molecule has 0 bridgehead atoms. The lowest BCUT2D eigenvalue weighted by Gasteiger charge is -2.07. The molecule has 0 unspecified atom stereocenters. The summed E-state index contributed by atoms with van der Waals surface area (Å²) in [5.41, 5.74) is 0.981. The van der Waals surface area contributed by atoms with Gasteiger partial charge in [0.25, 0.3) is 0 Å². The fourth-order valence-electron chi connectivity index (χ4n) is 0.789. The second kappa shape index (κ2) is 4.86.